The smallest absolute Gasteiger partial charge is 0.165 e. The van der Waals surface area contributed by atoms with E-state index in [2.05, 4.69) is 45.3 Å². The topological polar surface area (TPSA) is 55.6 Å². The van der Waals surface area contributed by atoms with Gasteiger partial charge in [0.1, 0.15) is 0 Å². The molecule has 0 aromatic carbocycles. The van der Waals surface area contributed by atoms with Crippen LogP contribution >= 0.6 is 11.3 Å². The van der Waals surface area contributed by atoms with Crippen molar-refractivity contribution in [2.75, 3.05) is 7.05 Å². The number of hydrogen-bond donors (Lipinski definition) is 1. The summed E-state index contributed by atoms with van der Waals surface area (Å²) < 4.78 is 1.89. The maximum atomic E-state index is 4.04. The molecule has 0 fully saturated rings. The van der Waals surface area contributed by atoms with Crippen molar-refractivity contribution in [1.82, 2.24) is 25.5 Å². The van der Waals surface area contributed by atoms with Gasteiger partial charge in [-0.1, -0.05) is 6.07 Å². The molecular formula is C10H15N5S. The number of thiophene rings is 1. The molecule has 1 N–H and O–H groups in total. The van der Waals surface area contributed by atoms with Gasteiger partial charge in [-0.15, -0.1) is 16.4 Å². The van der Waals surface area contributed by atoms with Crippen LogP contribution in [0.5, 0.6) is 0 Å². The van der Waals surface area contributed by atoms with Crippen LogP contribution in [0.4, 0.5) is 0 Å². The molecule has 0 saturated carbocycles. The van der Waals surface area contributed by atoms with Gasteiger partial charge in [-0.05, 0) is 35.8 Å². The van der Waals surface area contributed by atoms with Crippen molar-refractivity contribution in [2.24, 2.45) is 0 Å². The summed E-state index contributed by atoms with van der Waals surface area (Å²) in [6.07, 6.45) is 0.972. The minimum Gasteiger partial charge on any atom is -0.313 e. The summed E-state index contributed by atoms with van der Waals surface area (Å²) in [6.45, 7) is 2.83. The Labute approximate surface area is 98.5 Å². The van der Waals surface area contributed by atoms with Crippen LogP contribution in [0.2, 0.25) is 0 Å². The molecule has 0 bridgehead atoms. The first-order valence-electron chi connectivity index (χ1n) is 5.25. The Morgan fingerprint density at radius 2 is 2.44 bits per heavy atom. The van der Waals surface area contributed by atoms with Crippen LogP contribution in [0.3, 0.4) is 0 Å². The molecule has 5 nitrogen and oxygen atoms in total. The van der Waals surface area contributed by atoms with E-state index in [9.17, 15) is 0 Å². The van der Waals surface area contributed by atoms with Crippen molar-refractivity contribution < 1.29 is 0 Å². The van der Waals surface area contributed by atoms with Gasteiger partial charge in [0.2, 0.25) is 0 Å². The predicted molar refractivity (Wildman–Crippen MR) is 63.3 cm³/mol. The van der Waals surface area contributed by atoms with Gasteiger partial charge < -0.3 is 5.32 Å². The van der Waals surface area contributed by atoms with Crippen LogP contribution in [0, 0.1) is 0 Å². The van der Waals surface area contributed by atoms with Crippen LogP contribution in [0.15, 0.2) is 17.5 Å². The summed E-state index contributed by atoms with van der Waals surface area (Å²) in [5.41, 5.74) is 0. The molecule has 2 rings (SSSR count). The molecule has 2 heterocycles. The Balaban J connectivity index is 2.08. The minimum atomic E-state index is 0.289. The second-order valence-corrected chi connectivity index (χ2v) is 4.73. The van der Waals surface area contributed by atoms with E-state index in [-0.39, 0.29) is 6.04 Å². The third kappa shape index (κ3) is 2.45. The maximum Gasteiger partial charge on any atom is 0.165 e. The van der Waals surface area contributed by atoms with E-state index in [1.165, 1.54) is 4.88 Å². The van der Waals surface area contributed by atoms with Crippen molar-refractivity contribution >= 4 is 11.3 Å². The molecule has 0 radical (unpaired) electrons. The molecule has 1 unspecified atom stereocenters. The average Bonchev–Trinajstić information content (AvgIpc) is 2.89. The van der Waals surface area contributed by atoms with Crippen LogP contribution in [-0.4, -0.2) is 27.3 Å². The molecule has 0 saturated heterocycles. The minimum absolute atomic E-state index is 0.289. The highest BCUT2D eigenvalue weighted by Crippen LogP contribution is 2.17. The van der Waals surface area contributed by atoms with Crippen molar-refractivity contribution in [3.8, 4) is 0 Å². The van der Waals surface area contributed by atoms with Crippen molar-refractivity contribution in [2.45, 2.75) is 25.9 Å². The first-order valence-corrected chi connectivity index (χ1v) is 6.13. The van der Waals surface area contributed by atoms with E-state index in [1.807, 2.05) is 11.7 Å². The zero-order valence-corrected chi connectivity index (χ0v) is 10.2. The third-order valence-corrected chi connectivity index (χ3v) is 3.29. The Morgan fingerprint density at radius 3 is 3.12 bits per heavy atom. The summed E-state index contributed by atoms with van der Waals surface area (Å²) in [6, 6.07) is 4.50. The molecule has 1 atom stereocenters. The van der Waals surface area contributed by atoms with Crippen molar-refractivity contribution in [3.63, 3.8) is 0 Å². The Morgan fingerprint density at radius 1 is 1.56 bits per heavy atom. The summed E-state index contributed by atoms with van der Waals surface area (Å²) in [5.74, 6) is 0.881. The standard InChI is InChI=1S/C10H15N5S/c1-8(6-9-4-3-5-16-9)15-10(7-11-2)12-13-14-15/h3-5,8,11H,6-7H2,1-2H3. The second kappa shape index (κ2) is 5.18. The highest BCUT2D eigenvalue weighted by atomic mass is 32.1. The number of rotatable bonds is 5. The normalized spacial score (nSPS) is 12.9. The van der Waals surface area contributed by atoms with Crippen LogP contribution < -0.4 is 5.32 Å². The summed E-state index contributed by atoms with van der Waals surface area (Å²) in [5, 5.41) is 16.9. The average molecular weight is 237 g/mol. The number of nitrogens with zero attached hydrogens (tertiary/aromatic N) is 4. The molecule has 0 spiro atoms. The van der Waals surface area contributed by atoms with Gasteiger partial charge in [0, 0.05) is 11.3 Å². The fraction of sp³-hybridized carbons (Fsp3) is 0.500. The van der Waals surface area contributed by atoms with Gasteiger partial charge >= 0.3 is 0 Å². The van der Waals surface area contributed by atoms with Gasteiger partial charge in [0.05, 0.1) is 12.6 Å². The highest BCUT2D eigenvalue weighted by molar-refractivity contribution is 7.09. The molecule has 0 aliphatic heterocycles. The molecule has 2 aromatic rings. The maximum absolute atomic E-state index is 4.04. The zero-order valence-electron chi connectivity index (χ0n) is 9.42. The highest BCUT2D eigenvalue weighted by Gasteiger charge is 2.13. The van der Waals surface area contributed by atoms with Gasteiger partial charge in [-0.2, -0.15) is 0 Å². The first kappa shape index (κ1) is 11.2. The summed E-state index contributed by atoms with van der Waals surface area (Å²) in [4.78, 5) is 1.36. The number of nitrogens with one attached hydrogen (secondary N) is 1. The monoisotopic (exact) mass is 237 g/mol. The molecule has 2 aromatic heterocycles. The molecule has 16 heavy (non-hydrogen) atoms. The van der Waals surface area contributed by atoms with E-state index in [1.54, 1.807) is 11.3 Å². The lowest BCUT2D eigenvalue weighted by Gasteiger charge is -2.12. The van der Waals surface area contributed by atoms with E-state index in [0.717, 1.165) is 12.2 Å². The lowest BCUT2D eigenvalue weighted by molar-refractivity contribution is 0.454. The van der Waals surface area contributed by atoms with Crippen molar-refractivity contribution in [3.05, 3.63) is 28.2 Å². The van der Waals surface area contributed by atoms with E-state index in [4.69, 9.17) is 0 Å². The number of hydrogen-bond acceptors (Lipinski definition) is 5. The molecule has 0 aliphatic rings. The Kier molecular flexibility index (Phi) is 3.63. The molecule has 86 valence electrons. The molecule has 0 aliphatic carbocycles. The predicted octanol–water partition coefficient (Wildman–Crippen LogP) is 1.26. The molecular weight excluding hydrogens is 222 g/mol. The van der Waals surface area contributed by atoms with Gasteiger partial charge in [0.25, 0.3) is 0 Å². The van der Waals surface area contributed by atoms with E-state index >= 15 is 0 Å². The van der Waals surface area contributed by atoms with Crippen LogP contribution in [-0.2, 0) is 13.0 Å². The van der Waals surface area contributed by atoms with Crippen LogP contribution in [0.25, 0.3) is 0 Å². The first-order chi connectivity index (χ1) is 7.81. The fourth-order valence-electron chi connectivity index (χ4n) is 1.64. The third-order valence-electron chi connectivity index (χ3n) is 2.39. The second-order valence-electron chi connectivity index (χ2n) is 3.70. The molecule has 6 heteroatoms. The summed E-state index contributed by atoms with van der Waals surface area (Å²) >= 11 is 1.77. The Bertz CT molecular complexity index is 422. The number of tetrazole rings is 1. The quantitative estimate of drug-likeness (QED) is 0.850. The zero-order chi connectivity index (χ0) is 11.4. The molecule has 0 amide bonds. The summed E-state index contributed by atoms with van der Waals surface area (Å²) in [7, 11) is 1.89. The van der Waals surface area contributed by atoms with Crippen molar-refractivity contribution in [1.29, 1.82) is 0 Å². The Hall–Kier alpha value is -1.27. The van der Waals surface area contributed by atoms with Gasteiger partial charge in [-0.3, -0.25) is 0 Å². The van der Waals surface area contributed by atoms with Gasteiger partial charge in [-0.25, -0.2) is 4.68 Å². The SMILES string of the molecule is CNCc1nnnn1C(C)Cc1cccs1. The van der Waals surface area contributed by atoms with E-state index < -0.39 is 0 Å². The lowest BCUT2D eigenvalue weighted by Crippen LogP contribution is -2.17. The number of aromatic nitrogens is 4. The van der Waals surface area contributed by atoms with Crippen LogP contribution in [0.1, 0.15) is 23.7 Å². The fourth-order valence-corrected chi connectivity index (χ4v) is 2.46. The van der Waals surface area contributed by atoms with E-state index in [0.29, 0.717) is 6.54 Å². The lowest BCUT2D eigenvalue weighted by atomic mass is 10.2. The van der Waals surface area contributed by atoms with Gasteiger partial charge in [0.15, 0.2) is 5.82 Å². The largest absolute Gasteiger partial charge is 0.313 e.